The number of nitrogens with zero attached hydrogens (tertiary/aromatic N) is 2. The zero-order valence-corrected chi connectivity index (χ0v) is 11.9. The summed E-state index contributed by atoms with van der Waals surface area (Å²) in [5, 5.41) is 11.7. The lowest BCUT2D eigenvalue weighted by molar-refractivity contribution is -0.122. The first-order chi connectivity index (χ1) is 9.58. The fraction of sp³-hybridized carbons (Fsp3) is 0.308. The van der Waals surface area contributed by atoms with E-state index in [0.29, 0.717) is 10.9 Å². The number of amides is 1. The highest BCUT2D eigenvalue weighted by Crippen LogP contribution is 2.17. The van der Waals surface area contributed by atoms with Crippen LogP contribution in [0.4, 0.5) is 9.52 Å². The molecule has 1 amide bonds. The predicted octanol–water partition coefficient (Wildman–Crippen LogP) is 2.65. The molecular weight excluding hydrogens is 281 g/mol. The molecular formula is C13H14FN3O2S. The minimum atomic E-state index is -0.713. The van der Waals surface area contributed by atoms with Gasteiger partial charge in [0.05, 0.1) is 0 Å². The smallest absolute Gasteiger partial charge is 0.266 e. The van der Waals surface area contributed by atoms with Gasteiger partial charge in [0.15, 0.2) is 6.10 Å². The van der Waals surface area contributed by atoms with Gasteiger partial charge in [-0.3, -0.25) is 10.1 Å². The van der Waals surface area contributed by atoms with Crippen molar-refractivity contribution in [2.75, 3.05) is 5.32 Å². The van der Waals surface area contributed by atoms with E-state index >= 15 is 0 Å². The van der Waals surface area contributed by atoms with Crippen molar-refractivity contribution in [3.63, 3.8) is 0 Å². The Kier molecular flexibility index (Phi) is 4.62. The van der Waals surface area contributed by atoms with Gasteiger partial charge >= 0.3 is 0 Å². The van der Waals surface area contributed by atoms with Gasteiger partial charge in [0.2, 0.25) is 5.13 Å². The molecule has 7 heteroatoms. The van der Waals surface area contributed by atoms with Crippen LogP contribution in [-0.4, -0.2) is 22.2 Å². The number of rotatable bonds is 5. The van der Waals surface area contributed by atoms with Crippen LogP contribution in [0.3, 0.4) is 0 Å². The molecule has 106 valence electrons. The van der Waals surface area contributed by atoms with Crippen molar-refractivity contribution in [1.82, 2.24) is 10.2 Å². The number of anilines is 1. The van der Waals surface area contributed by atoms with Gasteiger partial charge in [-0.15, -0.1) is 10.2 Å². The van der Waals surface area contributed by atoms with E-state index in [0.717, 1.165) is 11.4 Å². The molecule has 0 aliphatic rings. The summed E-state index contributed by atoms with van der Waals surface area (Å²) >= 11 is 1.33. The predicted molar refractivity (Wildman–Crippen MR) is 74.4 cm³/mol. The Morgan fingerprint density at radius 2 is 2.10 bits per heavy atom. The molecule has 0 aliphatic carbocycles. The fourth-order valence-electron chi connectivity index (χ4n) is 1.42. The van der Waals surface area contributed by atoms with Gasteiger partial charge in [-0.25, -0.2) is 4.39 Å². The first-order valence-corrected chi connectivity index (χ1v) is 6.95. The van der Waals surface area contributed by atoms with E-state index in [4.69, 9.17) is 4.74 Å². The molecule has 0 bridgehead atoms. The Morgan fingerprint density at radius 1 is 1.40 bits per heavy atom. The van der Waals surface area contributed by atoms with Gasteiger partial charge in [-0.1, -0.05) is 18.3 Å². The summed E-state index contributed by atoms with van der Waals surface area (Å²) in [6, 6.07) is 5.49. The first kappa shape index (κ1) is 14.4. The number of aromatic nitrogens is 2. The van der Waals surface area contributed by atoms with E-state index in [1.807, 2.05) is 6.92 Å². The number of nitrogens with one attached hydrogen (secondary N) is 1. The summed E-state index contributed by atoms with van der Waals surface area (Å²) < 4.78 is 18.2. The lowest BCUT2D eigenvalue weighted by atomic mass is 10.3. The van der Waals surface area contributed by atoms with Crippen LogP contribution in [0.5, 0.6) is 5.75 Å². The van der Waals surface area contributed by atoms with Crippen LogP contribution in [0.1, 0.15) is 18.9 Å². The Morgan fingerprint density at radius 3 is 2.70 bits per heavy atom. The van der Waals surface area contributed by atoms with Crippen molar-refractivity contribution < 1.29 is 13.9 Å². The molecule has 0 saturated carbocycles. The monoisotopic (exact) mass is 295 g/mol. The maximum Gasteiger partial charge on any atom is 0.266 e. The quantitative estimate of drug-likeness (QED) is 0.921. The topological polar surface area (TPSA) is 64.1 Å². The van der Waals surface area contributed by atoms with Gasteiger partial charge < -0.3 is 4.74 Å². The van der Waals surface area contributed by atoms with Crippen molar-refractivity contribution >= 4 is 22.4 Å². The van der Waals surface area contributed by atoms with Crippen LogP contribution in [0.25, 0.3) is 0 Å². The van der Waals surface area contributed by atoms with Crippen molar-refractivity contribution in [2.24, 2.45) is 0 Å². The lowest BCUT2D eigenvalue weighted by Crippen LogP contribution is -2.30. The molecule has 1 N–H and O–H groups in total. The van der Waals surface area contributed by atoms with Crippen molar-refractivity contribution in [3.8, 4) is 5.75 Å². The third kappa shape index (κ3) is 3.74. The number of ether oxygens (including phenoxy) is 1. The van der Waals surface area contributed by atoms with Crippen LogP contribution < -0.4 is 10.1 Å². The second-order valence-electron chi connectivity index (χ2n) is 4.06. The Labute approximate surface area is 119 Å². The largest absolute Gasteiger partial charge is 0.481 e. The maximum absolute atomic E-state index is 12.8. The van der Waals surface area contributed by atoms with Crippen LogP contribution in [0.15, 0.2) is 24.3 Å². The zero-order chi connectivity index (χ0) is 14.5. The lowest BCUT2D eigenvalue weighted by Gasteiger charge is -2.13. The van der Waals surface area contributed by atoms with Gasteiger partial charge in [-0.05, 0) is 37.6 Å². The van der Waals surface area contributed by atoms with Crippen molar-refractivity contribution in [2.45, 2.75) is 26.4 Å². The van der Waals surface area contributed by atoms with E-state index < -0.39 is 6.10 Å². The normalized spacial score (nSPS) is 11.9. The number of carbonyl (C=O) groups excluding carboxylic acids is 1. The van der Waals surface area contributed by atoms with Crippen LogP contribution in [0, 0.1) is 5.82 Å². The summed E-state index contributed by atoms with van der Waals surface area (Å²) in [4.78, 5) is 11.9. The maximum atomic E-state index is 12.8. The summed E-state index contributed by atoms with van der Waals surface area (Å²) in [5.41, 5.74) is 0. The number of hydrogen-bond donors (Lipinski definition) is 1. The molecule has 20 heavy (non-hydrogen) atoms. The van der Waals surface area contributed by atoms with Crippen LogP contribution in [0.2, 0.25) is 0 Å². The second kappa shape index (κ2) is 6.42. The third-order valence-corrected chi connectivity index (χ3v) is 3.48. The number of aryl methyl sites for hydroxylation is 1. The Balaban J connectivity index is 1.93. The van der Waals surface area contributed by atoms with Crippen molar-refractivity contribution in [1.29, 1.82) is 0 Å². The van der Waals surface area contributed by atoms with Crippen LogP contribution in [-0.2, 0) is 11.2 Å². The Hall–Kier alpha value is -2.02. The molecule has 2 aromatic rings. The molecule has 1 aromatic heterocycles. The van der Waals surface area contributed by atoms with Gasteiger partial charge in [-0.2, -0.15) is 0 Å². The minimum absolute atomic E-state index is 0.326. The standard InChI is InChI=1S/C13H14FN3O2S/c1-3-11-16-17-13(20-11)15-12(18)8(2)19-10-6-4-9(14)5-7-10/h4-8H,3H2,1-2H3,(H,15,17,18)/t8-/m1/s1. The van der Waals surface area contributed by atoms with Crippen molar-refractivity contribution in [3.05, 3.63) is 35.1 Å². The fourth-order valence-corrected chi connectivity index (χ4v) is 2.11. The van der Waals surface area contributed by atoms with E-state index in [-0.39, 0.29) is 11.7 Å². The molecule has 1 aromatic carbocycles. The second-order valence-corrected chi connectivity index (χ2v) is 5.12. The van der Waals surface area contributed by atoms with Crippen LogP contribution >= 0.6 is 11.3 Å². The number of halogens is 1. The highest BCUT2D eigenvalue weighted by Gasteiger charge is 2.16. The molecule has 0 aliphatic heterocycles. The number of benzene rings is 1. The molecule has 0 unspecified atom stereocenters. The highest BCUT2D eigenvalue weighted by molar-refractivity contribution is 7.15. The zero-order valence-electron chi connectivity index (χ0n) is 11.1. The number of carbonyl (C=O) groups is 1. The summed E-state index contributed by atoms with van der Waals surface area (Å²) in [6.07, 6.45) is 0.0595. The van der Waals surface area contributed by atoms with E-state index in [9.17, 15) is 9.18 Å². The molecule has 0 saturated heterocycles. The Bertz CT molecular complexity index is 586. The molecule has 1 heterocycles. The van der Waals surface area contributed by atoms with E-state index in [1.165, 1.54) is 35.6 Å². The van der Waals surface area contributed by atoms with E-state index in [2.05, 4.69) is 15.5 Å². The minimum Gasteiger partial charge on any atom is -0.481 e. The molecule has 1 atom stereocenters. The summed E-state index contributed by atoms with van der Waals surface area (Å²) in [5.74, 6) is -0.246. The first-order valence-electron chi connectivity index (χ1n) is 6.14. The third-order valence-electron chi connectivity index (χ3n) is 2.50. The molecule has 0 spiro atoms. The number of hydrogen-bond acceptors (Lipinski definition) is 5. The SMILES string of the molecule is CCc1nnc(NC(=O)[C@@H](C)Oc2ccc(F)cc2)s1. The average Bonchev–Trinajstić information content (AvgIpc) is 2.89. The molecule has 2 rings (SSSR count). The highest BCUT2D eigenvalue weighted by atomic mass is 32.1. The molecule has 0 radical (unpaired) electrons. The molecule has 0 fully saturated rings. The molecule has 5 nitrogen and oxygen atoms in total. The summed E-state index contributed by atoms with van der Waals surface area (Å²) in [7, 11) is 0. The summed E-state index contributed by atoms with van der Waals surface area (Å²) in [6.45, 7) is 3.58. The van der Waals surface area contributed by atoms with Gasteiger partial charge in [0, 0.05) is 0 Å². The van der Waals surface area contributed by atoms with E-state index in [1.54, 1.807) is 6.92 Å². The van der Waals surface area contributed by atoms with Gasteiger partial charge in [0.25, 0.3) is 5.91 Å². The average molecular weight is 295 g/mol. The van der Waals surface area contributed by atoms with Gasteiger partial charge in [0.1, 0.15) is 16.6 Å².